The largest absolute Gasteiger partial charge is 0.379 e. The van der Waals surface area contributed by atoms with Crippen LogP contribution < -0.4 is 10.9 Å². The van der Waals surface area contributed by atoms with Gasteiger partial charge in [-0.1, -0.05) is 38.3 Å². The summed E-state index contributed by atoms with van der Waals surface area (Å²) in [6.07, 6.45) is 7.26. The number of nitrogens with one attached hydrogen (secondary N) is 1. The van der Waals surface area contributed by atoms with Crippen molar-refractivity contribution in [1.29, 1.82) is 0 Å². The van der Waals surface area contributed by atoms with Crippen LogP contribution in [-0.4, -0.2) is 15.8 Å². The van der Waals surface area contributed by atoms with Crippen LogP contribution in [0, 0.1) is 5.92 Å². The van der Waals surface area contributed by atoms with Crippen LogP contribution in [0.5, 0.6) is 0 Å². The van der Waals surface area contributed by atoms with E-state index in [1.807, 2.05) is 0 Å². The third kappa shape index (κ3) is 3.30. The second-order valence-electron chi connectivity index (χ2n) is 5.41. The van der Waals surface area contributed by atoms with Gasteiger partial charge >= 0.3 is 0 Å². The van der Waals surface area contributed by atoms with Crippen molar-refractivity contribution in [3.8, 4) is 0 Å². The molecule has 0 spiro atoms. The highest BCUT2D eigenvalue weighted by atomic mass is 35.5. The molecule has 4 nitrogen and oxygen atoms in total. The van der Waals surface area contributed by atoms with Crippen LogP contribution in [0.1, 0.15) is 46.0 Å². The molecule has 19 heavy (non-hydrogen) atoms. The molecule has 5 heteroatoms. The van der Waals surface area contributed by atoms with Crippen LogP contribution in [0.2, 0.25) is 5.02 Å². The zero-order valence-electron chi connectivity index (χ0n) is 11.7. The summed E-state index contributed by atoms with van der Waals surface area (Å²) in [5.74, 6) is 0.624. The van der Waals surface area contributed by atoms with Crippen molar-refractivity contribution in [2.75, 3.05) is 5.32 Å². The van der Waals surface area contributed by atoms with Crippen LogP contribution in [0.25, 0.3) is 0 Å². The Labute approximate surface area is 119 Å². The first-order valence-corrected chi connectivity index (χ1v) is 7.53. The molecule has 1 aromatic heterocycles. The normalized spacial score (nSPS) is 22.7. The van der Waals surface area contributed by atoms with E-state index in [1.54, 1.807) is 6.20 Å². The van der Waals surface area contributed by atoms with Crippen molar-refractivity contribution in [2.45, 2.75) is 58.5 Å². The Morgan fingerprint density at radius 1 is 1.53 bits per heavy atom. The van der Waals surface area contributed by atoms with Crippen molar-refractivity contribution in [3.63, 3.8) is 0 Å². The summed E-state index contributed by atoms with van der Waals surface area (Å²) in [6.45, 7) is 4.95. The maximum absolute atomic E-state index is 12.1. The van der Waals surface area contributed by atoms with Gasteiger partial charge in [-0.15, -0.1) is 0 Å². The molecule has 0 aliphatic heterocycles. The molecule has 1 fully saturated rings. The van der Waals surface area contributed by atoms with Crippen LogP contribution in [-0.2, 0) is 6.54 Å². The van der Waals surface area contributed by atoms with E-state index in [-0.39, 0.29) is 10.6 Å². The van der Waals surface area contributed by atoms with Gasteiger partial charge in [-0.25, -0.2) is 4.68 Å². The predicted molar refractivity (Wildman–Crippen MR) is 78.8 cm³/mol. The Morgan fingerprint density at radius 3 is 2.95 bits per heavy atom. The van der Waals surface area contributed by atoms with E-state index in [9.17, 15) is 4.79 Å². The fourth-order valence-electron chi connectivity index (χ4n) is 2.59. The average Bonchev–Trinajstić information content (AvgIpc) is 2.80. The number of nitrogens with zero attached hydrogens (tertiary/aromatic N) is 2. The Kier molecular flexibility index (Phi) is 4.86. The van der Waals surface area contributed by atoms with E-state index in [4.69, 9.17) is 11.6 Å². The van der Waals surface area contributed by atoms with Crippen molar-refractivity contribution >= 4 is 17.3 Å². The van der Waals surface area contributed by atoms with Crippen LogP contribution in [0.3, 0.4) is 0 Å². The number of halogens is 1. The summed E-state index contributed by atoms with van der Waals surface area (Å²) in [4.78, 5) is 12.1. The van der Waals surface area contributed by atoms with Gasteiger partial charge in [-0.3, -0.25) is 4.79 Å². The van der Waals surface area contributed by atoms with Crippen LogP contribution in [0.4, 0.5) is 5.69 Å². The molecule has 1 N–H and O–H groups in total. The van der Waals surface area contributed by atoms with E-state index in [0.717, 1.165) is 19.3 Å². The zero-order valence-corrected chi connectivity index (χ0v) is 12.4. The lowest BCUT2D eigenvalue weighted by Crippen LogP contribution is -2.27. The standard InChI is InChI=1S/C14H22ClN3O/c1-3-4-8-18-14(19)13(15)12(9-16-18)17-11-7-5-6-10(11)2/h9-11,17H,3-8H2,1-2H3. The van der Waals surface area contributed by atoms with Crippen molar-refractivity contribution in [3.05, 3.63) is 21.6 Å². The smallest absolute Gasteiger partial charge is 0.287 e. The van der Waals surface area contributed by atoms with E-state index >= 15 is 0 Å². The Hall–Kier alpha value is -1.03. The van der Waals surface area contributed by atoms with E-state index in [2.05, 4.69) is 24.3 Å². The molecule has 0 bridgehead atoms. The van der Waals surface area contributed by atoms with Gasteiger partial charge in [0.2, 0.25) is 0 Å². The van der Waals surface area contributed by atoms with E-state index < -0.39 is 0 Å². The highest BCUT2D eigenvalue weighted by Crippen LogP contribution is 2.29. The molecule has 0 saturated heterocycles. The molecular weight excluding hydrogens is 262 g/mol. The van der Waals surface area contributed by atoms with Gasteiger partial charge in [0.15, 0.2) is 0 Å². The first-order valence-electron chi connectivity index (χ1n) is 7.15. The average molecular weight is 284 g/mol. The summed E-state index contributed by atoms with van der Waals surface area (Å²) >= 11 is 6.17. The number of unbranched alkanes of at least 4 members (excludes halogenated alkanes) is 1. The molecule has 1 aliphatic carbocycles. The minimum Gasteiger partial charge on any atom is -0.379 e. The summed E-state index contributed by atoms with van der Waals surface area (Å²) in [6, 6.07) is 0.408. The second-order valence-corrected chi connectivity index (χ2v) is 5.79. The highest BCUT2D eigenvalue weighted by molar-refractivity contribution is 6.32. The molecule has 1 aliphatic rings. The minimum atomic E-state index is -0.189. The Balaban J connectivity index is 2.14. The molecule has 2 atom stereocenters. The molecule has 1 heterocycles. The summed E-state index contributed by atoms with van der Waals surface area (Å²) < 4.78 is 1.45. The van der Waals surface area contributed by atoms with Gasteiger partial charge in [0.1, 0.15) is 5.02 Å². The fraction of sp³-hybridized carbons (Fsp3) is 0.714. The predicted octanol–water partition coefficient (Wildman–Crippen LogP) is 3.30. The molecule has 0 aromatic carbocycles. The lowest BCUT2D eigenvalue weighted by Gasteiger charge is -2.19. The van der Waals surface area contributed by atoms with E-state index in [0.29, 0.717) is 24.2 Å². The summed E-state index contributed by atoms with van der Waals surface area (Å²) in [5.41, 5.74) is 0.490. The van der Waals surface area contributed by atoms with Gasteiger partial charge in [0.05, 0.1) is 11.9 Å². The summed E-state index contributed by atoms with van der Waals surface area (Å²) in [7, 11) is 0. The van der Waals surface area contributed by atoms with Crippen LogP contribution >= 0.6 is 11.6 Å². The number of hydrogen-bond acceptors (Lipinski definition) is 3. The van der Waals surface area contributed by atoms with Gasteiger partial charge < -0.3 is 5.32 Å². The van der Waals surface area contributed by atoms with Gasteiger partial charge in [-0.05, 0) is 25.2 Å². The molecule has 1 saturated carbocycles. The second kappa shape index (κ2) is 6.42. The number of rotatable bonds is 5. The van der Waals surface area contributed by atoms with Gasteiger partial charge in [0.25, 0.3) is 5.56 Å². The topological polar surface area (TPSA) is 46.9 Å². The molecule has 106 valence electrons. The first-order chi connectivity index (χ1) is 9.13. The number of aromatic nitrogens is 2. The number of aryl methyl sites for hydroxylation is 1. The lowest BCUT2D eigenvalue weighted by atomic mass is 10.1. The monoisotopic (exact) mass is 283 g/mol. The maximum atomic E-state index is 12.1. The third-order valence-corrected chi connectivity index (χ3v) is 4.28. The minimum absolute atomic E-state index is 0.189. The van der Waals surface area contributed by atoms with Crippen molar-refractivity contribution in [2.24, 2.45) is 5.92 Å². The first kappa shape index (κ1) is 14.4. The quantitative estimate of drug-likeness (QED) is 0.902. The SMILES string of the molecule is CCCCn1ncc(NC2CCCC2C)c(Cl)c1=O. The molecule has 1 aromatic rings. The van der Waals surface area contributed by atoms with E-state index in [1.165, 1.54) is 17.5 Å². The van der Waals surface area contributed by atoms with Crippen molar-refractivity contribution in [1.82, 2.24) is 9.78 Å². The lowest BCUT2D eigenvalue weighted by molar-refractivity contribution is 0.538. The van der Waals surface area contributed by atoms with Gasteiger partial charge in [-0.2, -0.15) is 5.10 Å². The van der Waals surface area contributed by atoms with Crippen molar-refractivity contribution < 1.29 is 0 Å². The third-order valence-electron chi connectivity index (χ3n) is 3.91. The maximum Gasteiger partial charge on any atom is 0.287 e. The molecular formula is C14H22ClN3O. The molecule has 0 amide bonds. The fourth-order valence-corrected chi connectivity index (χ4v) is 2.79. The Bertz CT molecular complexity index is 486. The number of hydrogen-bond donors (Lipinski definition) is 1. The highest BCUT2D eigenvalue weighted by Gasteiger charge is 2.24. The van der Waals surface area contributed by atoms with Gasteiger partial charge in [0, 0.05) is 12.6 Å². The Morgan fingerprint density at radius 2 is 2.32 bits per heavy atom. The van der Waals surface area contributed by atoms with Crippen LogP contribution in [0.15, 0.2) is 11.0 Å². The zero-order chi connectivity index (χ0) is 13.8. The molecule has 0 radical (unpaired) electrons. The molecule has 2 unspecified atom stereocenters. The number of anilines is 1. The summed E-state index contributed by atoms with van der Waals surface area (Å²) in [5, 5.41) is 7.84. The molecule has 2 rings (SSSR count).